The molecule has 8 nitrogen and oxygen atoms in total. The van der Waals surface area contributed by atoms with E-state index in [1.165, 1.54) is 0 Å². The predicted octanol–water partition coefficient (Wildman–Crippen LogP) is 8.85. The van der Waals surface area contributed by atoms with Crippen LogP contribution in [0, 0.1) is 0 Å². The minimum Gasteiger partial charge on any atom is -0.279 e. The highest BCUT2D eigenvalue weighted by molar-refractivity contribution is 6.36. The van der Waals surface area contributed by atoms with Gasteiger partial charge in [-0.25, -0.2) is 10.9 Å². The Kier molecular flexibility index (Phi) is 9.28. The molecular formula is C29H20Cl4N8. The summed E-state index contributed by atoms with van der Waals surface area (Å²) in [7, 11) is 0. The highest BCUT2D eigenvalue weighted by Crippen LogP contribution is 2.32. The van der Waals surface area contributed by atoms with Crippen molar-refractivity contribution in [2.45, 2.75) is 0 Å². The van der Waals surface area contributed by atoms with Crippen LogP contribution in [0.4, 0.5) is 29.2 Å². The van der Waals surface area contributed by atoms with Gasteiger partial charge in [-0.2, -0.15) is 25.2 Å². The van der Waals surface area contributed by atoms with Crippen LogP contribution in [-0.2, 0) is 0 Å². The third-order valence-corrected chi connectivity index (χ3v) is 6.64. The number of halogens is 4. The molecule has 0 fully saturated rings. The average molecular weight is 622 g/mol. The van der Waals surface area contributed by atoms with Crippen molar-refractivity contribution in [3.05, 3.63) is 128 Å². The molecule has 0 bridgehead atoms. The number of nitrogens with one attached hydrogen (secondary N) is 2. The normalized spacial score (nSPS) is 11.2. The molecule has 0 saturated carbocycles. The molecular weight excluding hydrogens is 602 g/mol. The van der Waals surface area contributed by atoms with E-state index in [0.717, 1.165) is 11.4 Å². The molecule has 5 rings (SSSR count). The van der Waals surface area contributed by atoms with Crippen molar-refractivity contribution in [1.29, 1.82) is 0 Å². The van der Waals surface area contributed by atoms with E-state index in [-0.39, 0.29) is 11.9 Å². The molecule has 41 heavy (non-hydrogen) atoms. The first-order valence-electron chi connectivity index (χ1n) is 12.1. The maximum Gasteiger partial charge on any atom is 0.250 e. The quantitative estimate of drug-likeness (QED) is 0.126. The second kappa shape index (κ2) is 13.4. The monoisotopic (exact) mass is 620 g/mol. The zero-order valence-electron chi connectivity index (χ0n) is 21.1. The van der Waals surface area contributed by atoms with E-state index in [2.05, 4.69) is 36.0 Å². The van der Waals surface area contributed by atoms with Gasteiger partial charge >= 0.3 is 0 Å². The largest absolute Gasteiger partial charge is 0.279 e. The van der Waals surface area contributed by atoms with Crippen molar-refractivity contribution in [1.82, 2.24) is 15.0 Å². The molecule has 0 aliphatic rings. The fourth-order valence-electron chi connectivity index (χ4n) is 3.63. The minimum atomic E-state index is 0.162. The molecule has 0 amide bonds. The van der Waals surface area contributed by atoms with Gasteiger partial charge in [0.1, 0.15) is 0 Å². The molecule has 0 aliphatic carbocycles. The van der Waals surface area contributed by atoms with Crippen LogP contribution < -0.4 is 15.8 Å². The molecule has 0 aliphatic heterocycles. The van der Waals surface area contributed by atoms with Gasteiger partial charge in [0.15, 0.2) is 0 Å². The molecule has 0 spiro atoms. The maximum atomic E-state index is 6.27. The Hall–Kier alpha value is -4.21. The molecule has 1 heterocycles. The summed E-state index contributed by atoms with van der Waals surface area (Å²) in [6.45, 7) is 0. The number of hydrogen-bond donors (Lipinski definition) is 2. The number of benzene rings is 4. The van der Waals surface area contributed by atoms with Crippen molar-refractivity contribution in [3.8, 4) is 0 Å². The van der Waals surface area contributed by atoms with E-state index < -0.39 is 0 Å². The van der Waals surface area contributed by atoms with E-state index in [0.29, 0.717) is 37.2 Å². The molecule has 5 aromatic rings. The van der Waals surface area contributed by atoms with Gasteiger partial charge in [-0.1, -0.05) is 94.9 Å². The van der Waals surface area contributed by atoms with Crippen molar-refractivity contribution >= 4 is 88.1 Å². The zero-order chi connectivity index (χ0) is 28.6. The molecule has 2 N–H and O–H groups in total. The Labute approximate surface area is 256 Å². The lowest BCUT2D eigenvalue weighted by atomic mass is 10.2. The second-order valence-electron chi connectivity index (χ2n) is 8.36. The van der Waals surface area contributed by atoms with Gasteiger partial charge in [0, 0.05) is 32.5 Å². The van der Waals surface area contributed by atoms with Gasteiger partial charge < -0.3 is 0 Å². The summed E-state index contributed by atoms with van der Waals surface area (Å²) in [5, 5.41) is 10.5. The van der Waals surface area contributed by atoms with Crippen LogP contribution in [-0.4, -0.2) is 27.4 Å². The lowest BCUT2D eigenvalue weighted by molar-refractivity contribution is 0.991. The van der Waals surface area contributed by atoms with Crippen LogP contribution >= 0.6 is 46.4 Å². The topological polar surface area (TPSA) is 90.7 Å². The third-order valence-electron chi connectivity index (χ3n) is 5.51. The second-order valence-corrected chi connectivity index (χ2v) is 10.0. The molecule has 204 valence electrons. The lowest BCUT2D eigenvalue weighted by Gasteiger charge is -2.23. The molecule has 12 heteroatoms. The molecule has 0 saturated heterocycles. The van der Waals surface area contributed by atoms with E-state index in [4.69, 9.17) is 46.4 Å². The zero-order valence-corrected chi connectivity index (χ0v) is 24.1. The van der Waals surface area contributed by atoms with Crippen molar-refractivity contribution in [2.24, 2.45) is 10.2 Å². The number of aromatic nitrogens is 3. The van der Waals surface area contributed by atoms with Crippen molar-refractivity contribution in [3.63, 3.8) is 0 Å². The lowest BCUT2D eigenvalue weighted by Crippen LogP contribution is -2.16. The van der Waals surface area contributed by atoms with Crippen LogP contribution in [0.1, 0.15) is 11.1 Å². The number of anilines is 5. The summed E-state index contributed by atoms with van der Waals surface area (Å²) < 4.78 is 0. The Morgan fingerprint density at radius 2 is 1.00 bits per heavy atom. The first-order chi connectivity index (χ1) is 20.0. The fourth-order valence-corrected chi connectivity index (χ4v) is 4.54. The van der Waals surface area contributed by atoms with Crippen LogP contribution in [0.3, 0.4) is 0 Å². The number of nitrogens with zero attached hydrogens (tertiary/aromatic N) is 6. The number of para-hydroxylation sites is 2. The van der Waals surface area contributed by atoms with Gasteiger partial charge in [-0.15, -0.1) is 0 Å². The highest BCUT2D eigenvalue weighted by atomic mass is 35.5. The number of rotatable bonds is 9. The van der Waals surface area contributed by atoms with Crippen LogP contribution in [0.2, 0.25) is 20.1 Å². The van der Waals surface area contributed by atoms with Gasteiger partial charge in [0.25, 0.3) is 0 Å². The maximum absolute atomic E-state index is 6.27. The standard InChI is InChI=1S/C29H20Cl4N8/c30-21-13-11-19(25(32)15-21)17-34-39-27-36-28(40-35-18-20-12-14-22(31)16-26(20)33)38-29(37-27)41(23-7-3-1-4-8-23)24-9-5-2-6-10-24/h1-18H,(H2,36,37,38,39,40)/b34-17-,35-18-. The first-order valence-corrected chi connectivity index (χ1v) is 13.6. The van der Waals surface area contributed by atoms with Crippen LogP contribution in [0.5, 0.6) is 0 Å². The fraction of sp³-hybridized carbons (Fsp3) is 0. The smallest absolute Gasteiger partial charge is 0.250 e. The van der Waals surface area contributed by atoms with Gasteiger partial charge in [0.05, 0.1) is 22.5 Å². The molecule has 0 atom stereocenters. The highest BCUT2D eigenvalue weighted by Gasteiger charge is 2.17. The summed E-state index contributed by atoms with van der Waals surface area (Å²) in [6, 6.07) is 29.7. The molecule has 4 aromatic carbocycles. The summed E-state index contributed by atoms with van der Waals surface area (Å²) in [6.07, 6.45) is 3.09. The minimum absolute atomic E-state index is 0.162. The number of hydrazone groups is 2. The van der Waals surface area contributed by atoms with Gasteiger partial charge in [0.2, 0.25) is 17.8 Å². The van der Waals surface area contributed by atoms with Gasteiger partial charge in [-0.05, 0) is 48.5 Å². The summed E-state index contributed by atoms with van der Waals surface area (Å²) >= 11 is 24.5. The Morgan fingerprint density at radius 1 is 0.561 bits per heavy atom. The Morgan fingerprint density at radius 3 is 1.41 bits per heavy atom. The summed E-state index contributed by atoms with van der Waals surface area (Å²) in [5.74, 6) is 0.646. The van der Waals surface area contributed by atoms with Gasteiger partial charge in [-0.3, -0.25) is 4.90 Å². The van der Waals surface area contributed by atoms with Crippen LogP contribution in [0.15, 0.2) is 107 Å². The number of hydrogen-bond acceptors (Lipinski definition) is 8. The van der Waals surface area contributed by atoms with Crippen molar-refractivity contribution < 1.29 is 0 Å². The van der Waals surface area contributed by atoms with Crippen LogP contribution in [0.25, 0.3) is 0 Å². The predicted molar refractivity (Wildman–Crippen MR) is 170 cm³/mol. The average Bonchev–Trinajstić information content (AvgIpc) is 2.97. The SMILES string of the molecule is Clc1ccc(/C=N\Nc2nc(N/N=C\c3ccc(Cl)cc3Cl)nc(N(c3ccccc3)c3ccccc3)n2)c(Cl)c1. The molecule has 0 radical (unpaired) electrons. The Balaban J connectivity index is 1.51. The summed E-state index contributed by atoms with van der Waals surface area (Å²) in [5.41, 5.74) is 8.73. The summed E-state index contributed by atoms with van der Waals surface area (Å²) in [4.78, 5) is 15.6. The van der Waals surface area contributed by atoms with Crippen molar-refractivity contribution in [2.75, 3.05) is 15.8 Å². The van der Waals surface area contributed by atoms with E-state index in [1.807, 2.05) is 65.6 Å². The first kappa shape index (κ1) is 28.3. The van der Waals surface area contributed by atoms with E-state index >= 15 is 0 Å². The molecule has 0 unspecified atom stereocenters. The van der Waals surface area contributed by atoms with E-state index in [1.54, 1.807) is 48.8 Å². The third kappa shape index (κ3) is 7.50. The van der Waals surface area contributed by atoms with E-state index in [9.17, 15) is 0 Å². The molecule has 1 aromatic heterocycles. The Bertz CT molecular complexity index is 1580.